The Hall–Kier alpha value is -4.35. The zero-order chi connectivity index (χ0) is 26.4. The largest absolute Gasteiger partial charge is 0.508 e. The van der Waals surface area contributed by atoms with Gasteiger partial charge in [-0.05, 0) is 30.5 Å². The van der Waals surface area contributed by atoms with Gasteiger partial charge in [0.2, 0.25) is 0 Å². The summed E-state index contributed by atoms with van der Waals surface area (Å²) in [6.45, 7) is 5.17. The predicted molar refractivity (Wildman–Crippen MR) is 139 cm³/mol. The number of halogens is 1. The lowest BCUT2D eigenvalue weighted by molar-refractivity contribution is 0.0338. The van der Waals surface area contributed by atoms with Gasteiger partial charge in [-0.25, -0.2) is 23.8 Å². The summed E-state index contributed by atoms with van der Waals surface area (Å²) in [7, 11) is 0. The molecule has 1 unspecified atom stereocenters. The van der Waals surface area contributed by atoms with Gasteiger partial charge >= 0.3 is 5.63 Å². The Balaban J connectivity index is 1.56. The molecule has 1 fully saturated rings. The summed E-state index contributed by atoms with van der Waals surface area (Å²) in [4.78, 5) is 23.8. The number of nitrogens with zero attached hydrogens (tertiary/aromatic N) is 5. The highest BCUT2D eigenvalue weighted by Crippen LogP contribution is 2.36. The van der Waals surface area contributed by atoms with Crippen molar-refractivity contribution in [1.29, 1.82) is 0 Å². The molecule has 4 heterocycles. The van der Waals surface area contributed by atoms with Crippen molar-refractivity contribution in [2.24, 2.45) is 0 Å². The summed E-state index contributed by atoms with van der Waals surface area (Å²) in [5.74, 6) is -0.282. The lowest BCUT2D eigenvalue weighted by Gasteiger charge is -2.28. The summed E-state index contributed by atoms with van der Waals surface area (Å²) >= 11 is 0. The number of hydrogen-bond acceptors (Lipinski definition) is 9. The van der Waals surface area contributed by atoms with E-state index in [0.29, 0.717) is 53.2 Å². The van der Waals surface area contributed by atoms with E-state index >= 15 is 0 Å². The number of ether oxygens (including phenoxy) is 1. The smallest absolute Gasteiger partial charge is 0.343 e. The molecular formula is C27H25FN6O4. The fourth-order valence-corrected chi connectivity index (χ4v) is 5.05. The number of phenols is 1. The molecule has 1 atom stereocenters. The topological polar surface area (TPSA) is 133 Å². The first-order chi connectivity index (χ1) is 18.4. The lowest BCUT2D eigenvalue weighted by Crippen LogP contribution is -2.36. The van der Waals surface area contributed by atoms with Crippen LogP contribution in [0.3, 0.4) is 0 Å². The second kappa shape index (κ2) is 9.51. The Kier molecular flexibility index (Phi) is 6.01. The number of benzene rings is 2. The molecule has 10 nitrogen and oxygen atoms in total. The van der Waals surface area contributed by atoms with E-state index in [1.807, 2.05) is 25.1 Å². The van der Waals surface area contributed by atoms with E-state index in [1.54, 1.807) is 10.7 Å². The summed E-state index contributed by atoms with van der Waals surface area (Å²) in [5, 5.41) is 16.5. The lowest BCUT2D eigenvalue weighted by atomic mass is 10.0. The van der Waals surface area contributed by atoms with Gasteiger partial charge < -0.3 is 20.0 Å². The van der Waals surface area contributed by atoms with Crippen LogP contribution in [0.4, 0.5) is 10.2 Å². The molecule has 0 saturated carbocycles. The summed E-state index contributed by atoms with van der Waals surface area (Å²) < 4.78 is 27.3. The van der Waals surface area contributed by atoms with Crippen molar-refractivity contribution in [3.05, 3.63) is 76.4 Å². The van der Waals surface area contributed by atoms with Crippen molar-refractivity contribution >= 4 is 27.6 Å². The van der Waals surface area contributed by atoms with E-state index in [0.717, 1.165) is 30.1 Å². The Labute approximate surface area is 216 Å². The number of nitrogen functional groups attached to an aromatic ring is 1. The van der Waals surface area contributed by atoms with Crippen LogP contribution in [0.15, 0.2) is 58.0 Å². The van der Waals surface area contributed by atoms with Gasteiger partial charge in [0, 0.05) is 36.8 Å². The van der Waals surface area contributed by atoms with Crippen LogP contribution < -0.4 is 11.4 Å². The first kappa shape index (κ1) is 24.0. The third-order valence-electron chi connectivity index (χ3n) is 6.88. The number of fused-ring (bicyclic) bond motifs is 2. The quantitative estimate of drug-likeness (QED) is 0.360. The molecule has 194 valence electrons. The fourth-order valence-electron chi connectivity index (χ4n) is 5.05. The average Bonchev–Trinajstić information content (AvgIpc) is 3.31. The van der Waals surface area contributed by atoms with Gasteiger partial charge in [0.1, 0.15) is 41.2 Å². The Morgan fingerprint density at radius 2 is 1.89 bits per heavy atom. The van der Waals surface area contributed by atoms with Crippen molar-refractivity contribution in [2.75, 3.05) is 32.0 Å². The molecule has 1 aliphatic heterocycles. The number of nitrogens with two attached hydrogens (primary N) is 1. The molecule has 1 aliphatic rings. The van der Waals surface area contributed by atoms with Crippen molar-refractivity contribution in [3.8, 4) is 17.0 Å². The number of anilines is 1. The van der Waals surface area contributed by atoms with Gasteiger partial charge in [-0.15, -0.1) is 0 Å². The molecule has 5 aromatic rings. The van der Waals surface area contributed by atoms with Crippen LogP contribution in [-0.2, 0) is 11.3 Å². The second-order valence-corrected chi connectivity index (χ2v) is 9.29. The molecule has 2 aromatic carbocycles. The number of morpholine rings is 1. The molecule has 3 aromatic heterocycles. The van der Waals surface area contributed by atoms with E-state index in [9.17, 15) is 14.3 Å². The highest BCUT2D eigenvalue weighted by molar-refractivity contribution is 5.98. The maximum absolute atomic E-state index is 14.2. The zero-order valence-electron chi connectivity index (χ0n) is 20.6. The van der Waals surface area contributed by atoms with Crippen LogP contribution in [0.2, 0.25) is 0 Å². The average molecular weight is 517 g/mol. The molecule has 0 amide bonds. The SMILES string of the molecule is CC(c1oc(=O)c2ccccc2c1CN1CCOCC1)n1nc(-c2cc(O)cc(F)c2)c2c(N)ncnc21. The molecule has 38 heavy (non-hydrogen) atoms. The summed E-state index contributed by atoms with van der Waals surface area (Å²) in [6, 6.07) is 10.4. The molecule has 3 N–H and O–H groups in total. The normalized spacial score (nSPS) is 15.3. The molecule has 11 heteroatoms. The minimum Gasteiger partial charge on any atom is -0.508 e. The first-order valence-electron chi connectivity index (χ1n) is 12.2. The van der Waals surface area contributed by atoms with Crippen molar-refractivity contribution in [3.63, 3.8) is 0 Å². The maximum Gasteiger partial charge on any atom is 0.343 e. The van der Waals surface area contributed by atoms with Gasteiger partial charge in [-0.2, -0.15) is 5.10 Å². The van der Waals surface area contributed by atoms with Crippen LogP contribution in [0, 0.1) is 5.82 Å². The van der Waals surface area contributed by atoms with Crippen LogP contribution in [0.5, 0.6) is 5.75 Å². The summed E-state index contributed by atoms with van der Waals surface area (Å²) in [6.07, 6.45) is 1.32. The fraction of sp³-hybridized carbons (Fsp3) is 0.259. The van der Waals surface area contributed by atoms with Crippen LogP contribution in [-0.4, -0.2) is 56.1 Å². The number of aromatic hydroxyl groups is 1. The van der Waals surface area contributed by atoms with Crippen molar-refractivity contribution < 1.29 is 18.7 Å². The number of rotatable bonds is 5. The molecule has 1 saturated heterocycles. The third kappa shape index (κ3) is 4.15. The van der Waals surface area contributed by atoms with E-state index in [-0.39, 0.29) is 11.6 Å². The van der Waals surface area contributed by atoms with E-state index in [4.69, 9.17) is 20.0 Å². The predicted octanol–water partition coefficient (Wildman–Crippen LogP) is 3.47. The first-order valence-corrected chi connectivity index (χ1v) is 12.2. The van der Waals surface area contributed by atoms with Crippen molar-refractivity contribution in [1.82, 2.24) is 24.6 Å². The van der Waals surface area contributed by atoms with Gasteiger partial charge in [0.05, 0.1) is 24.0 Å². The molecule has 0 bridgehead atoms. The third-order valence-corrected chi connectivity index (χ3v) is 6.88. The molecule has 0 aliphatic carbocycles. The highest BCUT2D eigenvalue weighted by atomic mass is 19.1. The molecule has 0 spiro atoms. The second-order valence-electron chi connectivity index (χ2n) is 9.29. The standard InChI is InChI=1S/C27H25FN6O4/c1-15(24-21(13-33-6-8-37-9-7-33)19-4-2-3-5-20(19)27(36)38-24)34-26-22(25(29)30-14-31-26)23(32-34)16-10-17(28)12-18(35)11-16/h2-5,10-12,14-15,35H,6-9,13H2,1H3,(H2,29,30,31). The van der Waals surface area contributed by atoms with Crippen LogP contribution in [0.25, 0.3) is 33.1 Å². The molecule has 6 rings (SSSR count). The number of phenolic OH excluding ortho intramolecular Hbond substituents is 1. The van der Waals surface area contributed by atoms with Crippen LogP contribution in [0.1, 0.15) is 24.3 Å². The summed E-state index contributed by atoms with van der Waals surface area (Å²) in [5.41, 5.74) is 7.64. The Bertz CT molecular complexity index is 1710. The van der Waals surface area contributed by atoms with Gasteiger partial charge in [-0.3, -0.25) is 4.90 Å². The number of hydrogen-bond donors (Lipinski definition) is 2. The maximum atomic E-state index is 14.2. The minimum atomic E-state index is -0.625. The van der Waals surface area contributed by atoms with E-state index in [2.05, 4.69) is 14.9 Å². The molecular weight excluding hydrogens is 491 g/mol. The van der Waals surface area contributed by atoms with Gasteiger partial charge in [0.15, 0.2) is 5.65 Å². The van der Waals surface area contributed by atoms with Crippen LogP contribution >= 0.6 is 0 Å². The highest BCUT2D eigenvalue weighted by Gasteiger charge is 2.27. The number of aromatic nitrogens is 4. The van der Waals surface area contributed by atoms with Crippen molar-refractivity contribution in [2.45, 2.75) is 19.5 Å². The van der Waals surface area contributed by atoms with E-state index in [1.165, 1.54) is 18.5 Å². The molecule has 0 radical (unpaired) electrons. The zero-order valence-corrected chi connectivity index (χ0v) is 20.6. The van der Waals surface area contributed by atoms with E-state index < -0.39 is 17.5 Å². The Morgan fingerprint density at radius 3 is 2.66 bits per heavy atom. The van der Waals surface area contributed by atoms with Gasteiger partial charge in [0.25, 0.3) is 0 Å². The monoisotopic (exact) mass is 516 g/mol. The minimum absolute atomic E-state index is 0.153. The van der Waals surface area contributed by atoms with Gasteiger partial charge in [-0.1, -0.05) is 18.2 Å². The Morgan fingerprint density at radius 1 is 1.13 bits per heavy atom.